The average Bonchev–Trinajstić information content (AvgIpc) is 2.47. The predicted octanol–water partition coefficient (Wildman–Crippen LogP) is 1.68. The summed E-state index contributed by atoms with van der Waals surface area (Å²) in [6, 6.07) is 4.31. The van der Waals surface area contributed by atoms with Gasteiger partial charge in [0.05, 0.1) is 10.6 Å². The maximum absolute atomic E-state index is 12.2. The number of amides is 3. The van der Waals surface area contributed by atoms with E-state index in [1.165, 1.54) is 12.1 Å². The minimum absolute atomic E-state index is 0.0862. The molecule has 21 heavy (non-hydrogen) atoms. The fourth-order valence-corrected chi connectivity index (χ4v) is 2.67. The number of nitrogens with two attached hydrogens (primary N) is 1. The molecule has 7 heteroatoms. The molecule has 0 aliphatic carbocycles. The molecule has 1 atom stereocenters. The van der Waals surface area contributed by atoms with Gasteiger partial charge in [-0.2, -0.15) is 0 Å². The number of benzene rings is 1. The number of aliphatic hydroxyl groups excluding tert-OH is 1. The monoisotopic (exact) mass is 311 g/mol. The second-order valence-corrected chi connectivity index (χ2v) is 5.53. The van der Waals surface area contributed by atoms with E-state index in [-0.39, 0.29) is 29.1 Å². The lowest BCUT2D eigenvalue weighted by Gasteiger charge is -2.31. The SMILES string of the molecule is NC(=O)c1ccc(NC(=O)N2CCC[C@@H](CO)C2)cc1Cl. The molecule has 0 spiro atoms. The van der Waals surface area contributed by atoms with Crippen molar-refractivity contribution in [1.29, 1.82) is 0 Å². The summed E-state index contributed by atoms with van der Waals surface area (Å²) in [5, 5.41) is 12.1. The third-order valence-electron chi connectivity index (χ3n) is 3.55. The van der Waals surface area contributed by atoms with Gasteiger partial charge in [0.15, 0.2) is 0 Å². The maximum atomic E-state index is 12.2. The van der Waals surface area contributed by atoms with E-state index in [9.17, 15) is 14.7 Å². The molecule has 3 amide bonds. The van der Waals surface area contributed by atoms with Crippen molar-refractivity contribution in [3.8, 4) is 0 Å². The maximum Gasteiger partial charge on any atom is 0.321 e. The van der Waals surface area contributed by atoms with E-state index in [0.717, 1.165) is 12.8 Å². The van der Waals surface area contributed by atoms with E-state index in [4.69, 9.17) is 17.3 Å². The molecule has 1 aliphatic heterocycles. The minimum atomic E-state index is -0.611. The number of hydrogen-bond donors (Lipinski definition) is 3. The Hall–Kier alpha value is -1.79. The molecule has 0 saturated carbocycles. The van der Waals surface area contributed by atoms with Gasteiger partial charge in [-0.05, 0) is 37.0 Å². The Kier molecular flexibility index (Phi) is 5.03. The van der Waals surface area contributed by atoms with Crippen LogP contribution in [0, 0.1) is 5.92 Å². The number of likely N-dealkylation sites (tertiary alicyclic amines) is 1. The summed E-state index contributed by atoms with van der Waals surface area (Å²) in [6.45, 7) is 1.29. The Labute approximate surface area is 127 Å². The van der Waals surface area contributed by atoms with Crippen LogP contribution in [0.25, 0.3) is 0 Å². The third-order valence-corrected chi connectivity index (χ3v) is 3.86. The minimum Gasteiger partial charge on any atom is -0.396 e. The number of piperidine rings is 1. The fourth-order valence-electron chi connectivity index (χ4n) is 2.39. The molecule has 0 unspecified atom stereocenters. The molecule has 6 nitrogen and oxygen atoms in total. The molecule has 2 rings (SSSR count). The lowest BCUT2D eigenvalue weighted by molar-refractivity contribution is 0.100. The van der Waals surface area contributed by atoms with Crippen molar-refractivity contribution < 1.29 is 14.7 Å². The van der Waals surface area contributed by atoms with Crippen molar-refractivity contribution in [1.82, 2.24) is 4.90 Å². The first-order valence-electron chi connectivity index (χ1n) is 6.77. The number of primary amides is 1. The molecule has 1 saturated heterocycles. The number of carbonyl (C=O) groups is 2. The van der Waals surface area contributed by atoms with Crippen molar-refractivity contribution in [3.63, 3.8) is 0 Å². The van der Waals surface area contributed by atoms with Gasteiger partial charge in [-0.1, -0.05) is 11.6 Å². The molecule has 0 bridgehead atoms. The van der Waals surface area contributed by atoms with Crippen molar-refractivity contribution in [3.05, 3.63) is 28.8 Å². The number of carbonyl (C=O) groups excluding carboxylic acids is 2. The lowest BCUT2D eigenvalue weighted by Crippen LogP contribution is -2.43. The van der Waals surface area contributed by atoms with Gasteiger partial charge in [0, 0.05) is 25.4 Å². The van der Waals surface area contributed by atoms with Crippen LogP contribution in [-0.4, -0.2) is 41.6 Å². The molecule has 0 aromatic heterocycles. The Morgan fingerprint density at radius 1 is 1.48 bits per heavy atom. The normalized spacial score (nSPS) is 18.4. The smallest absolute Gasteiger partial charge is 0.321 e. The highest BCUT2D eigenvalue weighted by Crippen LogP contribution is 2.22. The van der Waals surface area contributed by atoms with Gasteiger partial charge in [0.25, 0.3) is 0 Å². The molecule has 1 aliphatic rings. The van der Waals surface area contributed by atoms with Gasteiger partial charge in [-0.3, -0.25) is 4.79 Å². The first-order valence-corrected chi connectivity index (χ1v) is 7.15. The van der Waals surface area contributed by atoms with Crippen LogP contribution >= 0.6 is 11.6 Å². The number of nitrogens with zero attached hydrogens (tertiary/aromatic N) is 1. The standard InChI is InChI=1S/C14H18ClN3O3/c15-12-6-10(3-4-11(12)13(16)20)17-14(21)18-5-1-2-9(7-18)8-19/h3-4,6,9,19H,1-2,5,7-8H2,(H2,16,20)(H,17,21)/t9-/m1/s1. The number of nitrogens with one attached hydrogen (secondary N) is 1. The summed E-state index contributed by atoms with van der Waals surface area (Å²) in [5.41, 5.74) is 5.89. The predicted molar refractivity (Wildman–Crippen MR) is 80.4 cm³/mol. The Bertz CT molecular complexity index is 550. The first kappa shape index (κ1) is 15.6. The summed E-state index contributed by atoms with van der Waals surface area (Å²) in [4.78, 5) is 24.9. The average molecular weight is 312 g/mol. The van der Waals surface area contributed by atoms with Crippen molar-refractivity contribution in [2.24, 2.45) is 11.7 Å². The molecule has 1 aromatic carbocycles. The topological polar surface area (TPSA) is 95.7 Å². The van der Waals surface area contributed by atoms with Gasteiger partial charge in [0.2, 0.25) is 5.91 Å². The highest BCUT2D eigenvalue weighted by molar-refractivity contribution is 6.34. The van der Waals surface area contributed by atoms with Gasteiger partial charge < -0.3 is 21.1 Å². The molecule has 1 heterocycles. The summed E-state index contributed by atoms with van der Waals surface area (Å²) >= 11 is 5.94. The molecule has 4 N–H and O–H groups in total. The quantitative estimate of drug-likeness (QED) is 0.792. The molecule has 0 radical (unpaired) electrons. The van der Waals surface area contributed by atoms with Gasteiger partial charge >= 0.3 is 6.03 Å². The summed E-state index contributed by atoms with van der Waals surface area (Å²) in [7, 11) is 0. The van der Waals surface area contributed by atoms with Gasteiger partial charge in [-0.25, -0.2) is 4.79 Å². The second kappa shape index (κ2) is 6.78. The van der Waals surface area contributed by atoms with Crippen LogP contribution in [0.15, 0.2) is 18.2 Å². The van der Waals surface area contributed by atoms with Crippen LogP contribution in [-0.2, 0) is 0 Å². The zero-order chi connectivity index (χ0) is 15.4. The van der Waals surface area contributed by atoms with Crippen LogP contribution in [0.3, 0.4) is 0 Å². The Balaban J connectivity index is 2.02. The number of aliphatic hydroxyl groups is 1. The molecular formula is C14H18ClN3O3. The van der Waals surface area contributed by atoms with Crippen molar-refractivity contribution in [2.45, 2.75) is 12.8 Å². The number of halogens is 1. The molecule has 1 aromatic rings. The summed E-state index contributed by atoms with van der Waals surface area (Å²) in [6.07, 6.45) is 1.80. The number of hydrogen-bond acceptors (Lipinski definition) is 3. The van der Waals surface area contributed by atoms with E-state index in [1.807, 2.05) is 0 Å². The van der Waals surface area contributed by atoms with Crippen LogP contribution in [0.1, 0.15) is 23.2 Å². The highest BCUT2D eigenvalue weighted by atomic mass is 35.5. The van der Waals surface area contributed by atoms with E-state index >= 15 is 0 Å². The molecular weight excluding hydrogens is 294 g/mol. The van der Waals surface area contributed by atoms with Gasteiger partial charge in [0.1, 0.15) is 0 Å². The number of rotatable bonds is 3. The van der Waals surface area contributed by atoms with E-state index in [1.54, 1.807) is 11.0 Å². The van der Waals surface area contributed by atoms with E-state index in [0.29, 0.717) is 18.8 Å². The third kappa shape index (κ3) is 3.86. The Morgan fingerprint density at radius 2 is 2.24 bits per heavy atom. The van der Waals surface area contributed by atoms with Crippen molar-refractivity contribution in [2.75, 3.05) is 25.0 Å². The lowest BCUT2D eigenvalue weighted by atomic mass is 9.99. The number of anilines is 1. The second-order valence-electron chi connectivity index (χ2n) is 5.13. The van der Waals surface area contributed by atoms with E-state index in [2.05, 4.69) is 5.32 Å². The summed E-state index contributed by atoms with van der Waals surface area (Å²) in [5.74, 6) is -0.481. The van der Waals surface area contributed by atoms with Crippen LogP contribution in [0.4, 0.5) is 10.5 Å². The zero-order valence-corrected chi connectivity index (χ0v) is 12.3. The van der Waals surface area contributed by atoms with Gasteiger partial charge in [-0.15, -0.1) is 0 Å². The van der Waals surface area contributed by atoms with Crippen LogP contribution in [0.5, 0.6) is 0 Å². The number of urea groups is 1. The van der Waals surface area contributed by atoms with E-state index < -0.39 is 5.91 Å². The molecule has 1 fully saturated rings. The fraction of sp³-hybridized carbons (Fsp3) is 0.429. The van der Waals surface area contributed by atoms with Crippen LogP contribution in [0.2, 0.25) is 5.02 Å². The molecule has 114 valence electrons. The summed E-state index contributed by atoms with van der Waals surface area (Å²) < 4.78 is 0. The first-order chi connectivity index (χ1) is 10.0. The highest BCUT2D eigenvalue weighted by Gasteiger charge is 2.23. The van der Waals surface area contributed by atoms with Crippen LogP contribution < -0.4 is 11.1 Å². The largest absolute Gasteiger partial charge is 0.396 e. The van der Waals surface area contributed by atoms with Crippen molar-refractivity contribution >= 4 is 29.2 Å². The Morgan fingerprint density at radius 3 is 2.86 bits per heavy atom. The zero-order valence-electron chi connectivity index (χ0n) is 11.5.